The van der Waals surface area contributed by atoms with Gasteiger partial charge in [-0.3, -0.25) is 14.6 Å². The number of amides is 2. The van der Waals surface area contributed by atoms with Crippen LogP contribution in [0.1, 0.15) is 82.8 Å². The number of pyridine rings is 1. The van der Waals surface area contributed by atoms with E-state index < -0.39 is 17.0 Å². The van der Waals surface area contributed by atoms with E-state index in [1.807, 2.05) is 52.5 Å². The first-order chi connectivity index (χ1) is 24.5. The molecular formula is C38H52FN7O6. The summed E-state index contributed by atoms with van der Waals surface area (Å²) in [5.74, 6) is -1.11. The van der Waals surface area contributed by atoms with Gasteiger partial charge in [0.15, 0.2) is 5.65 Å². The van der Waals surface area contributed by atoms with Gasteiger partial charge in [-0.25, -0.2) is 23.5 Å². The van der Waals surface area contributed by atoms with Gasteiger partial charge in [-0.05, 0) is 65.3 Å². The molecule has 0 aliphatic carbocycles. The van der Waals surface area contributed by atoms with E-state index in [0.717, 1.165) is 23.4 Å². The van der Waals surface area contributed by atoms with Gasteiger partial charge in [-0.1, -0.05) is 26.0 Å². The lowest BCUT2D eigenvalue weighted by Crippen LogP contribution is -2.64. The van der Waals surface area contributed by atoms with Crippen LogP contribution in [0.3, 0.4) is 0 Å². The summed E-state index contributed by atoms with van der Waals surface area (Å²) >= 11 is 0. The number of halogens is 1. The van der Waals surface area contributed by atoms with Crippen LogP contribution in [-0.2, 0) is 30.8 Å². The first-order valence-electron chi connectivity index (χ1n) is 18.2. The standard InChI is InChI=1S/C38H52FN7O6/c1-9-51-35(48)33-40-34-27(16-26-10-12-28(39)13-11-26)17-30-32(46(34)41-33)38(7,8)23-45(30)31(47)21-43-18-24(2)44(36(49)52-37(4,5)6)20-29(43)19-42-14-15-50-22-25(42)3/h10-13,17,24-25,29H,9,14-16,18-23H2,1-8H3/t24-,25-,29+/m1/s1. The zero-order valence-electron chi connectivity index (χ0n) is 31.6. The molecule has 2 saturated heterocycles. The number of aromatic nitrogens is 3. The summed E-state index contributed by atoms with van der Waals surface area (Å²) in [5, 5.41) is 4.63. The highest BCUT2D eigenvalue weighted by atomic mass is 19.1. The van der Waals surface area contributed by atoms with E-state index in [1.165, 1.54) is 12.1 Å². The normalized spacial score (nSPS) is 22.4. The number of anilines is 1. The van der Waals surface area contributed by atoms with Crippen molar-refractivity contribution in [3.8, 4) is 0 Å². The molecule has 2 fully saturated rings. The van der Waals surface area contributed by atoms with E-state index in [2.05, 4.69) is 26.8 Å². The average Bonchev–Trinajstić information content (AvgIpc) is 3.62. The number of carbonyl (C=O) groups is 3. The van der Waals surface area contributed by atoms with E-state index >= 15 is 0 Å². The molecule has 0 bridgehead atoms. The number of hydrogen-bond acceptors (Lipinski definition) is 10. The lowest BCUT2D eigenvalue weighted by atomic mass is 9.90. The van der Waals surface area contributed by atoms with Gasteiger partial charge < -0.3 is 24.0 Å². The number of benzene rings is 1. The topological polar surface area (TPSA) is 122 Å². The molecular weight excluding hydrogens is 669 g/mol. The number of nitrogens with zero attached hydrogens (tertiary/aromatic N) is 7. The van der Waals surface area contributed by atoms with E-state index in [4.69, 9.17) is 14.2 Å². The van der Waals surface area contributed by atoms with Crippen molar-refractivity contribution in [1.82, 2.24) is 29.3 Å². The summed E-state index contributed by atoms with van der Waals surface area (Å²) < 4.78 is 32.2. The number of morpholine rings is 1. The van der Waals surface area contributed by atoms with E-state index in [1.54, 1.807) is 28.5 Å². The van der Waals surface area contributed by atoms with Crippen LogP contribution in [0.4, 0.5) is 14.9 Å². The van der Waals surface area contributed by atoms with Gasteiger partial charge in [0, 0.05) is 68.2 Å². The van der Waals surface area contributed by atoms with Gasteiger partial charge >= 0.3 is 12.1 Å². The lowest BCUT2D eigenvalue weighted by molar-refractivity contribution is -0.121. The second-order valence-corrected chi connectivity index (χ2v) is 15.9. The number of ether oxygens (including phenoxy) is 3. The quantitative estimate of drug-likeness (QED) is 0.312. The monoisotopic (exact) mass is 721 g/mol. The van der Waals surface area contributed by atoms with Crippen LogP contribution >= 0.6 is 0 Å². The highest BCUT2D eigenvalue weighted by molar-refractivity contribution is 5.98. The minimum absolute atomic E-state index is 0.0618. The first-order valence-corrected chi connectivity index (χ1v) is 18.2. The second kappa shape index (κ2) is 14.7. The van der Waals surface area contributed by atoms with Gasteiger partial charge in [0.2, 0.25) is 5.91 Å². The molecule has 13 nitrogen and oxygen atoms in total. The molecule has 2 amide bonds. The molecule has 52 heavy (non-hydrogen) atoms. The average molecular weight is 722 g/mol. The second-order valence-electron chi connectivity index (χ2n) is 15.9. The molecule has 3 aliphatic rings. The third kappa shape index (κ3) is 7.93. The van der Waals surface area contributed by atoms with Gasteiger partial charge in [0.05, 0.1) is 37.7 Å². The van der Waals surface area contributed by atoms with Crippen LogP contribution in [0.25, 0.3) is 5.65 Å². The first kappa shape index (κ1) is 37.6. The Kier molecular flexibility index (Phi) is 10.6. The third-order valence-corrected chi connectivity index (χ3v) is 10.1. The number of esters is 1. The molecule has 5 heterocycles. The summed E-state index contributed by atoms with van der Waals surface area (Å²) in [6.45, 7) is 19.9. The van der Waals surface area contributed by atoms with E-state index in [9.17, 15) is 18.8 Å². The van der Waals surface area contributed by atoms with Crippen molar-refractivity contribution in [2.45, 2.75) is 91.0 Å². The van der Waals surface area contributed by atoms with Crippen LogP contribution in [0, 0.1) is 5.82 Å². The van der Waals surface area contributed by atoms with Gasteiger partial charge in [-0.15, -0.1) is 5.10 Å². The summed E-state index contributed by atoms with van der Waals surface area (Å²) in [5.41, 5.74) is 2.36. The SMILES string of the molecule is CCOC(=O)c1nc2c(Cc3ccc(F)cc3)cc3c(n2n1)C(C)(C)CN3C(=O)CN1C[C@@H](C)N(C(=O)OC(C)(C)C)C[C@@H]1CN1CCOC[C@H]1C. The highest BCUT2D eigenvalue weighted by Crippen LogP contribution is 2.42. The van der Waals surface area contributed by atoms with Crippen molar-refractivity contribution in [2.75, 3.05) is 64.0 Å². The predicted molar refractivity (Wildman–Crippen MR) is 193 cm³/mol. The fraction of sp³-hybridized carbons (Fsp3) is 0.605. The molecule has 3 aliphatic heterocycles. The summed E-state index contributed by atoms with van der Waals surface area (Å²) in [6, 6.07) is 8.10. The summed E-state index contributed by atoms with van der Waals surface area (Å²) in [7, 11) is 0. The zero-order valence-corrected chi connectivity index (χ0v) is 31.6. The maximum Gasteiger partial charge on any atom is 0.410 e. The largest absolute Gasteiger partial charge is 0.460 e. The fourth-order valence-electron chi connectivity index (χ4n) is 7.55. The highest BCUT2D eigenvalue weighted by Gasteiger charge is 2.44. The van der Waals surface area contributed by atoms with Crippen LogP contribution in [0.15, 0.2) is 30.3 Å². The van der Waals surface area contributed by atoms with Crippen molar-refractivity contribution in [1.29, 1.82) is 0 Å². The van der Waals surface area contributed by atoms with E-state index in [0.29, 0.717) is 57.1 Å². The number of hydrogen-bond donors (Lipinski definition) is 0. The number of rotatable bonds is 8. The third-order valence-electron chi connectivity index (χ3n) is 10.1. The molecule has 1 aromatic carbocycles. The van der Waals surface area contributed by atoms with E-state index in [-0.39, 0.29) is 54.9 Å². The van der Waals surface area contributed by atoms with Gasteiger partial charge in [0.1, 0.15) is 11.4 Å². The number of fused-ring (bicyclic) bond motifs is 3. The maximum absolute atomic E-state index is 14.6. The van der Waals surface area contributed by atoms with Crippen molar-refractivity contribution in [2.24, 2.45) is 0 Å². The van der Waals surface area contributed by atoms with Crippen LogP contribution in [0.5, 0.6) is 0 Å². The minimum atomic E-state index is -0.629. The van der Waals surface area contributed by atoms with Crippen molar-refractivity contribution in [3.63, 3.8) is 0 Å². The van der Waals surface area contributed by atoms with Crippen molar-refractivity contribution in [3.05, 3.63) is 58.8 Å². The Morgan fingerprint density at radius 1 is 1.06 bits per heavy atom. The van der Waals surface area contributed by atoms with Crippen LogP contribution in [-0.4, -0.2) is 130 Å². The fourth-order valence-corrected chi connectivity index (χ4v) is 7.55. The van der Waals surface area contributed by atoms with Crippen LogP contribution in [0.2, 0.25) is 0 Å². The molecule has 282 valence electrons. The Balaban J connectivity index is 1.34. The zero-order chi connectivity index (χ0) is 37.5. The van der Waals surface area contributed by atoms with Crippen molar-refractivity contribution >= 4 is 29.3 Å². The van der Waals surface area contributed by atoms with Gasteiger partial charge in [0.25, 0.3) is 5.82 Å². The lowest BCUT2D eigenvalue weighted by Gasteiger charge is -2.47. The number of carbonyl (C=O) groups excluding carboxylic acids is 3. The molecule has 14 heteroatoms. The molecule has 3 atom stereocenters. The molecule has 0 spiro atoms. The maximum atomic E-state index is 14.6. The molecule has 0 radical (unpaired) electrons. The molecule has 3 aromatic rings. The molecule has 0 unspecified atom stereocenters. The summed E-state index contributed by atoms with van der Waals surface area (Å²) in [6.07, 6.45) is 0.0266. The molecule has 0 saturated carbocycles. The Labute approximate surface area is 305 Å². The molecule has 6 rings (SSSR count). The Bertz CT molecular complexity index is 1810. The Morgan fingerprint density at radius 3 is 2.46 bits per heavy atom. The Morgan fingerprint density at radius 2 is 1.79 bits per heavy atom. The summed E-state index contributed by atoms with van der Waals surface area (Å²) in [4.78, 5) is 53.6. The molecule has 2 aromatic heterocycles. The predicted octanol–water partition coefficient (Wildman–Crippen LogP) is 4.29. The number of piperazine rings is 1. The molecule has 0 N–H and O–H groups in total. The van der Waals surface area contributed by atoms with Crippen molar-refractivity contribution < 1.29 is 33.0 Å². The van der Waals surface area contributed by atoms with Crippen LogP contribution < -0.4 is 4.90 Å². The van der Waals surface area contributed by atoms with Gasteiger partial charge in [-0.2, -0.15) is 0 Å². The smallest absolute Gasteiger partial charge is 0.410 e. The Hall–Kier alpha value is -4.14. The minimum Gasteiger partial charge on any atom is -0.460 e.